The van der Waals surface area contributed by atoms with E-state index in [0.29, 0.717) is 12.8 Å². The number of aliphatic hydroxyl groups is 1. The molecule has 0 radical (unpaired) electrons. The van der Waals surface area contributed by atoms with Crippen LogP contribution in [0.1, 0.15) is 60.3 Å². The van der Waals surface area contributed by atoms with Crippen LogP contribution in [0, 0.1) is 0 Å². The number of rotatable bonds is 6. The highest BCUT2D eigenvalue weighted by molar-refractivity contribution is 5.67. The second kappa shape index (κ2) is 6.84. The second-order valence-corrected chi connectivity index (χ2v) is 5.58. The Morgan fingerprint density at radius 3 is 2.00 bits per heavy atom. The molecule has 0 aliphatic rings. The Morgan fingerprint density at radius 2 is 1.65 bits per heavy atom. The predicted octanol–water partition coefficient (Wildman–Crippen LogP) is 2.84. The van der Waals surface area contributed by atoms with Gasteiger partial charge >= 0.3 is 6.09 Å². The molecule has 0 aromatic heterocycles. The summed E-state index contributed by atoms with van der Waals surface area (Å²) in [5, 5.41) is 12.9. The van der Waals surface area contributed by atoms with Crippen molar-refractivity contribution < 1.29 is 14.6 Å². The summed E-state index contributed by atoms with van der Waals surface area (Å²) in [5.41, 5.74) is -1.31. The fraction of sp³-hybridized carbons (Fsp3) is 0.923. The molecule has 102 valence electrons. The average Bonchev–Trinajstić information content (AvgIpc) is 2.13. The van der Waals surface area contributed by atoms with Crippen LogP contribution in [-0.4, -0.2) is 28.9 Å². The van der Waals surface area contributed by atoms with E-state index >= 15 is 0 Å². The Kier molecular flexibility index (Phi) is 6.53. The third-order valence-corrected chi connectivity index (χ3v) is 2.39. The summed E-state index contributed by atoms with van der Waals surface area (Å²) in [6.45, 7) is 9.75. The monoisotopic (exact) mass is 245 g/mol. The average molecular weight is 245 g/mol. The summed E-state index contributed by atoms with van der Waals surface area (Å²) in [6.07, 6.45) is 2.70. The van der Waals surface area contributed by atoms with Crippen LogP contribution in [0.15, 0.2) is 0 Å². The molecule has 0 aromatic carbocycles. The van der Waals surface area contributed by atoms with Crippen molar-refractivity contribution in [1.82, 2.24) is 5.32 Å². The van der Waals surface area contributed by atoms with E-state index in [0.717, 1.165) is 12.8 Å². The lowest BCUT2D eigenvalue weighted by Gasteiger charge is -2.28. The van der Waals surface area contributed by atoms with Gasteiger partial charge in [-0.2, -0.15) is 0 Å². The molecule has 2 N–H and O–H groups in total. The number of alkyl carbamates (subject to hydrolysis) is 1. The maximum Gasteiger partial charge on any atom is 0.407 e. The Labute approximate surface area is 105 Å². The van der Waals surface area contributed by atoms with Crippen LogP contribution in [0.5, 0.6) is 0 Å². The minimum absolute atomic E-state index is 0.254. The quantitative estimate of drug-likeness (QED) is 0.756. The van der Waals surface area contributed by atoms with E-state index in [1.54, 1.807) is 0 Å². The van der Waals surface area contributed by atoms with E-state index in [2.05, 4.69) is 5.32 Å². The highest BCUT2D eigenvalue weighted by Gasteiger charge is 2.26. The largest absolute Gasteiger partial charge is 0.444 e. The van der Waals surface area contributed by atoms with Gasteiger partial charge in [0, 0.05) is 6.54 Å². The lowest BCUT2D eigenvalue weighted by Crippen LogP contribution is -2.44. The fourth-order valence-electron chi connectivity index (χ4n) is 1.78. The molecule has 0 bridgehead atoms. The van der Waals surface area contributed by atoms with Crippen molar-refractivity contribution in [3.8, 4) is 0 Å². The molecular weight excluding hydrogens is 218 g/mol. The van der Waals surface area contributed by atoms with Gasteiger partial charge in [-0.05, 0) is 33.6 Å². The molecule has 17 heavy (non-hydrogen) atoms. The minimum atomic E-state index is -0.805. The van der Waals surface area contributed by atoms with Gasteiger partial charge in [0.2, 0.25) is 0 Å². The second-order valence-electron chi connectivity index (χ2n) is 5.58. The van der Waals surface area contributed by atoms with Crippen LogP contribution in [-0.2, 0) is 4.74 Å². The summed E-state index contributed by atoms with van der Waals surface area (Å²) in [5.74, 6) is 0. The molecule has 0 unspecified atom stereocenters. The van der Waals surface area contributed by atoms with Crippen molar-refractivity contribution in [2.24, 2.45) is 0 Å². The summed E-state index contributed by atoms with van der Waals surface area (Å²) >= 11 is 0. The van der Waals surface area contributed by atoms with E-state index in [4.69, 9.17) is 4.74 Å². The summed E-state index contributed by atoms with van der Waals surface area (Å²) in [7, 11) is 0. The van der Waals surface area contributed by atoms with Crippen LogP contribution < -0.4 is 5.32 Å². The van der Waals surface area contributed by atoms with Crippen molar-refractivity contribution in [3.63, 3.8) is 0 Å². The van der Waals surface area contributed by atoms with Crippen molar-refractivity contribution in [2.75, 3.05) is 6.54 Å². The van der Waals surface area contributed by atoms with Gasteiger partial charge in [0.05, 0.1) is 5.60 Å². The first-order valence-corrected chi connectivity index (χ1v) is 6.41. The van der Waals surface area contributed by atoms with Crippen LogP contribution in [0.2, 0.25) is 0 Å². The maximum atomic E-state index is 11.5. The topological polar surface area (TPSA) is 58.6 Å². The zero-order valence-corrected chi connectivity index (χ0v) is 11.8. The lowest BCUT2D eigenvalue weighted by atomic mass is 9.93. The molecule has 0 saturated carbocycles. The Morgan fingerprint density at radius 1 is 1.18 bits per heavy atom. The van der Waals surface area contributed by atoms with Gasteiger partial charge < -0.3 is 15.2 Å². The molecule has 0 heterocycles. The summed E-state index contributed by atoms with van der Waals surface area (Å²) in [4.78, 5) is 11.5. The summed E-state index contributed by atoms with van der Waals surface area (Å²) < 4.78 is 5.13. The minimum Gasteiger partial charge on any atom is -0.444 e. The first-order chi connectivity index (χ1) is 7.72. The molecule has 0 rings (SSSR count). The molecule has 0 fully saturated rings. The van der Waals surface area contributed by atoms with E-state index in [9.17, 15) is 9.90 Å². The first kappa shape index (κ1) is 16.2. The fourth-order valence-corrected chi connectivity index (χ4v) is 1.78. The molecule has 0 atom stereocenters. The van der Waals surface area contributed by atoms with Crippen molar-refractivity contribution in [3.05, 3.63) is 0 Å². The molecule has 0 aliphatic heterocycles. The Bertz CT molecular complexity index is 227. The van der Waals surface area contributed by atoms with Gasteiger partial charge in [0.1, 0.15) is 5.60 Å². The third-order valence-electron chi connectivity index (χ3n) is 2.39. The van der Waals surface area contributed by atoms with Crippen LogP contribution in [0.25, 0.3) is 0 Å². The number of ether oxygens (including phenoxy) is 1. The molecular formula is C13H27NO3. The Balaban J connectivity index is 4.17. The summed E-state index contributed by atoms with van der Waals surface area (Å²) in [6, 6.07) is 0. The maximum absolute atomic E-state index is 11.5. The number of hydrogen-bond acceptors (Lipinski definition) is 3. The van der Waals surface area contributed by atoms with Crippen LogP contribution >= 0.6 is 0 Å². The van der Waals surface area contributed by atoms with Crippen LogP contribution in [0.4, 0.5) is 4.79 Å². The van der Waals surface area contributed by atoms with Gasteiger partial charge in [0.15, 0.2) is 0 Å². The number of carbonyl (C=O) groups is 1. The molecule has 1 amide bonds. The van der Waals surface area contributed by atoms with Gasteiger partial charge in [0.25, 0.3) is 0 Å². The highest BCUT2D eigenvalue weighted by Crippen LogP contribution is 2.18. The normalized spacial score (nSPS) is 12.4. The van der Waals surface area contributed by atoms with Gasteiger partial charge in [-0.15, -0.1) is 0 Å². The molecule has 0 aliphatic carbocycles. The number of hydrogen-bond donors (Lipinski definition) is 2. The molecule has 0 spiro atoms. The smallest absolute Gasteiger partial charge is 0.407 e. The first-order valence-electron chi connectivity index (χ1n) is 6.41. The zero-order valence-electron chi connectivity index (χ0n) is 11.8. The third kappa shape index (κ3) is 8.02. The van der Waals surface area contributed by atoms with Gasteiger partial charge in [-0.3, -0.25) is 0 Å². The van der Waals surface area contributed by atoms with Crippen LogP contribution in [0.3, 0.4) is 0 Å². The number of amides is 1. The number of carbonyl (C=O) groups excluding carboxylic acids is 1. The molecule has 0 saturated heterocycles. The standard InChI is InChI=1S/C13H27NO3/c1-6-8-13(16,9-7-2)10-14-11(15)17-12(3,4)5/h16H,6-10H2,1-5H3,(H,14,15). The molecule has 4 nitrogen and oxygen atoms in total. The Hall–Kier alpha value is -0.770. The predicted molar refractivity (Wildman–Crippen MR) is 69.0 cm³/mol. The van der Waals surface area contributed by atoms with E-state index in [-0.39, 0.29) is 6.54 Å². The zero-order chi connectivity index (χ0) is 13.5. The highest BCUT2D eigenvalue weighted by atomic mass is 16.6. The van der Waals surface area contributed by atoms with E-state index in [1.807, 2.05) is 34.6 Å². The van der Waals surface area contributed by atoms with E-state index in [1.165, 1.54) is 0 Å². The van der Waals surface area contributed by atoms with Gasteiger partial charge in [-0.25, -0.2) is 4.79 Å². The van der Waals surface area contributed by atoms with E-state index < -0.39 is 17.3 Å². The molecule has 4 heteroatoms. The van der Waals surface area contributed by atoms with Crippen molar-refractivity contribution in [2.45, 2.75) is 71.5 Å². The molecule has 0 aromatic rings. The van der Waals surface area contributed by atoms with Gasteiger partial charge in [-0.1, -0.05) is 26.7 Å². The van der Waals surface area contributed by atoms with Crippen molar-refractivity contribution in [1.29, 1.82) is 0 Å². The van der Waals surface area contributed by atoms with Crippen molar-refractivity contribution >= 4 is 6.09 Å². The lowest BCUT2D eigenvalue weighted by molar-refractivity contribution is 0.0116. The SMILES string of the molecule is CCCC(O)(CCC)CNC(=O)OC(C)(C)C. The number of nitrogens with one attached hydrogen (secondary N) is 1.